The number of nitrogens with zero attached hydrogens (tertiary/aromatic N) is 6. The quantitative estimate of drug-likeness (QED) is 0.698. The zero-order valence-corrected chi connectivity index (χ0v) is 15.5. The van der Waals surface area contributed by atoms with E-state index in [1.165, 1.54) is 6.42 Å². The van der Waals surface area contributed by atoms with Crippen molar-refractivity contribution >= 4 is 5.91 Å². The highest BCUT2D eigenvalue weighted by atomic mass is 16.2. The Morgan fingerprint density at radius 3 is 2.85 bits per heavy atom. The van der Waals surface area contributed by atoms with E-state index in [1.54, 1.807) is 23.3 Å². The van der Waals surface area contributed by atoms with Crippen LogP contribution in [0.5, 0.6) is 0 Å². The fraction of sp³-hybridized carbons (Fsp3) is 0.400. The van der Waals surface area contributed by atoms with Gasteiger partial charge in [-0.2, -0.15) is 10.2 Å². The zero-order valence-electron chi connectivity index (χ0n) is 15.5. The van der Waals surface area contributed by atoms with Crippen LogP contribution in [0.15, 0.2) is 49.2 Å². The second-order valence-electron chi connectivity index (χ2n) is 7.04. The maximum absolute atomic E-state index is 13.1. The minimum atomic E-state index is 0.0744. The van der Waals surface area contributed by atoms with Crippen molar-refractivity contribution in [1.29, 1.82) is 0 Å². The summed E-state index contributed by atoms with van der Waals surface area (Å²) in [4.78, 5) is 19.6. The first-order valence-electron chi connectivity index (χ1n) is 9.44. The van der Waals surface area contributed by atoms with E-state index in [-0.39, 0.29) is 11.9 Å². The predicted molar refractivity (Wildman–Crippen MR) is 102 cm³/mol. The third-order valence-corrected chi connectivity index (χ3v) is 5.15. The van der Waals surface area contributed by atoms with Crippen LogP contribution in [-0.4, -0.2) is 47.9 Å². The Hall–Kier alpha value is -2.96. The minimum Gasteiger partial charge on any atom is -0.336 e. The molecule has 140 valence electrons. The Morgan fingerprint density at radius 1 is 1.22 bits per heavy atom. The lowest BCUT2D eigenvalue weighted by atomic mass is 9.98. The van der Waals surface area contributed by atoms with Crippen molar-refractivity contribution in [3.05, 3.63) is 54.7 Å². The van der Waals surface area contributed by atoms with Crippen LogP contribution in [0.3, 0.4) is 0 Å². The summed E-state index contributed by atoms with van der Waals surface area (Å²) >= 11 is 0. The van der Waals surface area contributed by atoms with E-state index in [4.69, 9.17) is 0 Å². The summed E-state index contributed by atoms with van der Waals surface area (Å²) in [5.41, 5.74) is 2.42. The van der Waals surface area contributed by atoms with E-state index in [0.717, 1.165) is 43.6 Å². The number of likely N-dealkylation sites (tertiary alicyclic amines) is 1. The summed E-state index contributed by atoms with van der Waals surface area (Å²) in [7, 11) is 1.88. The van der Waals surface area contributed by atoms with E-state index in [1.807, 2.05) is 47.2 Å². The SMILES string of the molecule is Cn1cc(-c2ccc(C(=O)N3CCCC[C@@H]3CCn3cccn3)cn2)cn1. The lowest BCUT2D eigenvalue weighted by molar-refractivity contribution is 0.0593. The number of aromatic nitrogens is 5. The van der Waals surface area contributed by atoms with Crippen molar-refractivity contribution in [3.8, 4) is 11.3 Å². The molecule has 0 spiro atoms. The molecule has 0 bridgehead atoms. The lowest BCUT2D eigenvalue weighted by Crippen LogP contribution is -2.44. The molecule has 4 heterocycles. The van der Waals surface area contributed by atoms with E-state index >= 15 is 0 Å². The molecule has 0 aliphatic carbocycles. The molecule has 0 aromatic carbocycles. The molecule has 1 aliphatic heterocycles. The highest BCUT2D eigenvalue weighted by molar-refractivity contribution is 5.94. The monoisotopic (exact) mass is 364 g/mol. The summed E-state index contributed by atoms with van der Waals surface area (Å²) in [5, 5.41) is 8.44. The van der Waals surface area contributed by atoms with Gasteiger partial charge in [0.2, 0.25) is 0 Å². The van der Waals surface area contributed by atoms with Gasteiger partial charge in [-0.15, -0.1) is 0 Å². The summed E-state index contributed by atoms with van der Waals surface area (Å²) in [6.07, 6.45) is 13.3. The Balaban J connectivity index is 1.46. The Kier molecular flexibility index (Phi) is 5.00. The van der Waals surface area contributed by atoms with Crippen LogP contribution in [0, 0.1) is 0 Å². The smallest absolute Gasteiger partial charge is 0.255 e. The van der Waals surface area contributed by atoms with Gasteiger partial charge in [0.1, 0.15) is 0 Å². The summed E-state index contributed by atoms with van der Waals surface area (Å²) in [6, 6.07) is 5.96. The maximum atomic E-state index is 13.1. The molecule has 4 rings (SSSR count). The molecule has 3 aromatic rings. The standard InChI is InChI=1S/C20H24N6O/c1-24-15-17(14-23-24)19-7-6-16(13-21-19)20(27)26-11-3-2-5-18(26)8-12-25-10-4-9-22-25/h4,6-7,9-10,13-15,18H,2-3,5,8,11-12H2,1H3/t18-/m1/s1. The molecule has 0 N–H and O–H groups in total. The van der Waals surface area contributed by atoms with E-state index in [0.29, 0.717) is 5.56 Å². The number of piperidine rings is 1. The van der Waals surface area contributed by atoms with Gasteiger partial charge < -0.3 is 4.90 Å². The van der Waals surface area contributed by atoms with Crippen molar-refractivity contribution in [2.24, 2.45) is 7.05 Å². The topological polar surface area (TPSA) is 68.8 Å². The van der Waals surface area contributed by atoms with Crippen LogP contribution >= 0.6 is 0 Å². The van der Waals surface area contributed by atoms with Gasteiger partial charge in [0, 0.05) is 56.5 Å². The second kappa shape index (κ2) is 7.73. The number of pyridine rings is 1. The normalized spacial score (nSPS) is 17.2. The Morgan fingerprint density at radius 2 is 2.15 bits per heavy atom. The Bertz CT molecular complexity index is 884. The van der Waals surface area contributed by atoms with Gasteiger partial charge in [0.15, 0.2) is 0 Å². The number of carbonyl (C=O) groups excluding carboxylic acids is 1. The first-order valence-corrected chi connectivity index (χ1v) is 9.44. The number of hydrogen-bond donors (Lipinski definition) is 0. The Labute approximate surface area is 158 Å². The molecule has 0 saturated carbocycles. The molecular formula is C20H24N6O. The van der Waals surface area contributed by atoms with Crippen LogP contribution in [0.25, 0.3) is 11.3 Å². The minimum absolute atomic E-state index is 0.0744. The van der Waals surface area contributed by atoms with E-state index in [9.17, 15) is 4.79 Å². The number of rotatable bonds is 5. The average Bonchev–Trinajstić information content (AvgIpc) is 3.38. The van der Waals surface area contributed by atoms with Gasteiger partial charge in [-0.1, -0.05) is 0 Å². The van der Waals surface area contributed by atoms with Crippen LogP contribution in [0.4, 0.5) is 0 Å². The van der Waals surface area contributed by atoms with Crippen molar-refractivity contribution in [2.75, 3.05) is 6.54 Å². The number of hydrogen-bond acceptors (Lipinski definition) is 4. The van der Waals surface area contributed by atoms with Crippen molar-refractivity contribution in [2.45, 2.75) is 38.3 Å². The molecule has 3 aromatic heterocycles. The number of amides is 1. The largest absolute Gasteiger partial charge is 0.336 e. The van der Waals surface area contributed by atoms with Gasteiger partial charge in [-0.3, -0.25) is 19.1 Å². The maximum Gasteiger partial charge on any atom is 0.255 e. The number of carbonyl (C=O) groups is 1. The van der Waals surface area contributed by atoms with Crippen LogP contribution in [0.1, 0.15) is 36.0 Å². The number of aryl methyl sites for hydroxylation is 2. The van der Waals surface area contributed by atoms with Crippen molar-refractivity contribution in [3.63, 3.8) is 0 Å². The van der Waals surface area contributed by atoms with E-state index in [2.05, 4.69) is 15.2 Å². The first-order chi connectivity index (χ1) is 13.2. The summed E-state index contributed by atoms with van der Waals surface area (Å²) in [5.74, 6) is 0.0744. The van der Waals surface area contributed by atoms with Gasteiger partial charge in [0.25, 0.3) is 5.91 Å². The molecule has 0 unspecified atom stereocenters. The van der Waals surface area contributed by atoms with Crippen molar-refractivity contribution in [1.82, 2.24) is 29.4 Å². The second-order valence-corrected chi connectivity index (χ2v) is 7.04. The molecule has 7 nitrogen and oxygen atoms in total. The van der Waals surface area contributed by atoms with Crippen LogP contribution in [-0.2, 0) is 13.6 Å². The van der Waals surface area contributed by atoms with Crippen LogP contribution < -0.4 is 0 Å². The molecule has 1 fully saturated rings. The fourth-order valence-electron chi connectivity index (χ4n) is 3.69. The first kappa shape index (κ1) is 17.5. The van der Waals surface area contributed by atoms with E-state index < -0.39 is 0 Å². The van der Waals surface area contributed by atoms with Crippen LogP contribution in [0.2, 0.25) is 0 Å². The predicted octanol–water partition coefficient (Wildman–Crippen LogP) is 2.76. The van der Waals surface area contributed by atoms with Crippen molar-refractivity contribution < 1.29 is 4.79 Å². The molecule has 7 heteroatoms. The molecule has 1 saturated heterocycles. The molecule has 27 heavy (non-hydrogen) atoms. The summed E-state index contributed by atoms with van der Waals surface area (Å²) in [6.45, 7) is 1.65. The highest BCUT2D eigenvalue weighted by Crippen LogP contribution is 2.23. The third kappa shape index (κ3) is 3.92. The molecule has 1 atom stereocenters. The zero-order chi connectivity index (χ0) is 18.6. The molecule has 0 radical (unpaired) electrons. The fourth-order valence-corrected chi connectivity index (χ4v) is 3.69. The molecule has 1 amide bonds. The summed E-state index contributed by atoms with van der Waals surface area (Å²) < 4.78 is 3.68. The van der Waals surface area contributed by atoms with Gasteiger partial charge in [-0.25, -0.2) is 0 Å². The van der Waals surface area contributed by atoms with Gasteiger partial charge in [-0.05, 0) is 43.9 Å². The average molecular weight is 364 g/mol. The molecular weight excluding hydrogens is 340 g/mol. The third-order valence-electron chi connectivity index (χ3n) is 5.15. The lowest BCUT2D eigenvalue weighted by Gasteiger charge is -2.36. The van der Waals surface area contributed by atoms with Gasteiger partial charge in [0.05, 0.1) is 17.5 Å². The highest BCUT2D eigenvalue weighted by Gasteiger charge is 2.27. The molecule has 1 aliphatic rings. The van der Waals surface area contributed by atoms with Gasteiger partial charge >= 0.3 is 0 Å².